The minimum atomic E-state index is 0.346. The third kappa shape index (κ3) is 3.43. The van der Waals surface area contributed by atoms with Crippen LogP contribution in [0.3, 0.4) is 0 Å². The summed E-state index contributed by atoms with van der Waals surface area (Å²) in [7, 11) is 1.99. The van der Waals surface area contributed by atoms with Gasteiger partial charge in [-0.2, -0.15) is 0 Å². The van der Waals surface area contributed by atoms with Gasteiger partial charge < -0.3 is 10.6 Å². The zero-order valence-corrected chi connectivity index (χ0v) is 13.1. The summed E-state index contributed by atoms with van der Waals surface area (Å²) in [5, 5.41) is 3.75. The van der Waals surface area contributed by atoms with Crippen molar-refractivity contribution in [3.8, 4) is 0 Å². The van der Waals surface area contributed by atoms with Gasteiger partial charge in [-0.1, -0.05) is 23.8 Å². The first-order valence-corrected chi connectivity index (χ1v) is 7.35. The van der Waals surface area contributed by atoms with Gasteiger partial charge in [0, 0.05) is 28.7 Å². The highest BCUT2D eigenvalue weighted by Crippen LogP contribution is 2.25. The molecule has 0 amide bonds. The minimum absolute atomic E-state index is 0.346. The Kier molecular flexibility index (Phi) is 4.39. The first kappa shape index (κ1) is 14.2. The molecule has 0 aliphatic heterocycles. The Hall–Kier alpha value is -1.17. The molecule has 0 saturated carbocycles. The molecule has 19 heavy (non-hydrogen) atoms. The van der Waals surface area contributed by atoms with Crippen molar-refractivity contribution in [2.45, 2.75) is 13.5 Å². The number of anilines is 1. The van der Waals surface area contributed by atoms with Gasteiger partial charge in [-0.05, 0) is 25.1 Å². The number of nitrogens with zero attached hydrogens (tertiary/aromatic N) is 2. The molecule has 0 fully saturated rings. The van der Waals surface area contributed by atoms with Gasteiger partial charge in [-0.25, -0.2) is 4.98 Å². The average Bonchev–Trinajstić information content (AvgIpc) is 2.74. The summed E-state index contributed by atoms with van der Waals surface area (Å²) in [5.74, 6) is 0. The van der Waals surface area contributed by atoms with E-state index in [4.69, 9.17) is 29.6 Å². The van der Waals surface area contributed by atoms with E-state index >= 15 is 0 Å². The van der Waals surface area contributed by atoms with Crippen LogP contribution in [0.1, 0.15) is 16.3 Å². The molecule has 1 aromatic carbocycles. The van der Waals surface area contributed by atoms with Gasteiger partial charge in [0.1, 0.15) is 4.99 Å². The molecule has 0 saturated heterocycles. The molecule has 2 N–H and O–H groups in total. The minimum Gasteiger partial charge on any atom is -0.389 e. The largest absolute Gasteiger partial charge is 0.389 e. The standard InChI is InChI=1S/C13H14ClN3S2/c1-8-16-10(7-19-8)6-17(2)12-4-3-9(14)5-11(12)13(15)18/h3-5,7H,6H2,1-2H3,(H2,15,18). The van der Waals surface area contributed by atoms with E-state index in [1.54, 1.807) is 17.4 Å². The third-order valence-electron chi connectivity index (χ3n) is 2.70. The molecule has 2 aromatic rings. The van der Waals surface area contributed by atoms with Crippen LogP contribution in [0.2, 0.25) is 5.02 Å². The number of aromatic nitrogens is 1. The summed E-state index contributed by atoms with van der Waals surface area (Å²) in [6.07, 6.45) is 0. The predicted molar refractivity (Wildman–Crippen MR) is 86.3 cm³/mol. The molecule has 3 nitrogen and oxygen atoms in total. The number of aryl methyl sites for hydroxylation is 1. The van der Waals surface area contributed by atoms with E-state index in [0.29, 0.717) is 16.6 Å². The van der Waals surface area contributed by atoms with Gasteiger partial charge in [0.15, 0.2) is 0 Å². The summed E-state index contributed by atoms with van der Waals surface area (Å²) in [5.41, 5.74) is 8.54. The molecule has 6 heteroatoms. The molecule has 0 atom stereocenters. The highest BCUT2D eigenvalue weighted by molar-refractivity contribution is 7.80. The van der Waals surface area contributed by atoms with Crippen LogP contribution < -0.4 is 10.6 Å². The van der Waals surface area contributed by atoms with Crippen LogP contribution in [0.15, 0.2) is 23.6 Å². The fourth-order valence-electron chi connectivity index (χ4n) is 1.85. The van der Waals surface area contributed by atoms with E-state index in [-0.39, 0.29) is 0 Å². The maximum atomic E-state index is 5.98. The van der Waals surface area contributed by atoms with E-state index in [1.165, 1.54) is 0 Å². The Balaban J connectivity index is 2.28. The Morgan fingerprint density at radius 3 is 2.84 bits per heavy atom. The molecule has 1 aromatic heterocycles. The van der Waals surface area contributed by atoms with Crippen LogP contribution in [-0.2, 0) is 6.54 Å². The van der Waals surface area contributed by atoms with Crippen LogP contribution >= 0.6 is 35.2 Å². The summed E-state index contributed by atoms with van der Waals surface area (Å²) in [4.78, 5) is 6.87. The van der Waals surface area contributed by atoms with E-state index < -0.39 is 0 Å². The number of rotatable bonds is 4. The zero-order valence-electron chi connectivity index (χ0n) is 10.7. The number of hydrogen-bond acceptors (Lipinski definition) is 4. The molecule has 0 aliphatic rings. The van der Waals surface area contributed by atoms with Crippen LogP contribution in [0.25, 0.3) is 0 Å². The number of thiazole rings is 1. The molecule has 100 valence electrons. The van der Waals surface area contributed by atoms with Crippen molar-refractivity contribution in [2.24, 2.45) is 5.73 Å². The molecule has 0 radical (unpaired) electrons. The number of thiocarbonyl (C=S) groups is 1. The molecule has 0 aliphatic carbocycles. The smallest absolute Gasteiger partial charge is 0.106 e. The van der Waals surface area contributed by atoms with Crippen LogP contribution in [-0.4, -0.2) is 17.0 Å². The lowest BCUT2D eigenvalue weighted by atomic mass is 10.1. The van der Waals surface area contributed by atoms with Crippen molar-refractivity contribution in [3.63, 3.8) is 0 Å². The van der Waals surface area contributed by atoms with Crippen molar-refractivity contribution >= 4 is 45.8 Å². The molecule has 0 bridgehead atoms. The monoisotopic (exact) mass is 311 g/mol. The first-order valence-electron chi connectivity index (χ1n) is 5.69. The molecule has 0 spiro atoms. The maximum absolute atomic E-state index is 5.98. The lowest BCUT2D eigenvalue weighted by Gasteiger charge is -2.21. The highest BCUT2D eigenvalue weighted by Gasteiger charge is 2.12. The van der Waals surface area contributed by atoms with Crippen molar-refractivity contribution in [1.82, 2.24) is 4.98 Å². The molecule has 1 heterocycles. The normalized spacial score (nSPS) is 10.5. The molecular formula is C13H14ClN3S2. The summed E-state index contributed by atoms with van der Waals surface area (Å²) in [6, 6.07) is 5.56. The zero-order chi connectivity index (χ0) is 14.0. The number of nitrogens with two attached hydrogens (primary N) is 1. The van der Waals surface area contributed by atoms with Crippen molar-refractivity contribution in [2.75, 3.05) is 11.9 Å². The van der Waals surface area contributed by atoms with Gasteiger partial charge >= 0.3 is 0 Å². The molecule has 0 unspecified atom stereocenters. The van der Waals surface area contributed by atoms with Crippen LogP contribution in [0.5, 0.6) is 0 Å². The number of benzene rings is 1. The summed E-state index contributed by atoms with van der Waals surface area (Å²) < 4.78 is 0. The average molecular weight is 312 g/mol. The summed E-state index contributed by atoms with van der Waals surface area (Å²) in [6.45, 7) is 2.71. The molecule has 2 rings (SSSR count). The topological polar surface area (TPSA) is 42.2 Å². The Labute approximate surface area is 127 Å². The quantitative estimate of drug-likeness (QED) is 0.879. The Bertz CT molecular complexity index is 610. The lowest BCUT2D eigenvalue weighted by Crippen LogP contribution is -2.21. The Morgan fingerprint density at radius 2 is 2.26 bits per heavy atom. The second-order valence-corrected chi connectivity index (χ2v) is 6.18. The van der Waals surface area contributed by atoms with Crippen LogP contribution in [0.4, 0.5) is 5.69 Å². The maximum Gasteiger partial charge on any atom is 0.106 e. The lowest BCUT2D eigenvalue weighted by molar-refractivity contribution is 0.889. The van der Waals surface area contributed by atoms with Gasteiger partial charge in [-0.15, -0.1) is 11.3 Å². The second-order valence-electron chi connectivity index (χ2n) is 4.24. The van der Waals surface area contributed by atoms with Gasteiger partial charge in [0.2, 0.25) is 0 Å². The number of hydrogen-bond donors (Lipinski definition) is 1. The summed E-state index contributed by atoms with van der Waals surface area (Å²) >= 11 is 12.7. The van der Waals surface area contributed by atoms with Crippen molar-refractivity contribution < 1.29 is 0 Å². The third-order valence-corrected chi connectivity index (χ3v) is 3.98. The second kappa shape index (κ2) is 5.86. The SMILES string of the molecule is Cc1nc(CN(C)c2ccc(Cl)cc2C(N)=S)cs1. The van der Waals surface area contributed by atoms with Crippen molar-refractivity contribution in [3.05, 3.63) is 44.9 Å². The predicted octanol–water partition coefficient (Wildman–Crippen LogP) is 3.38. The van der Waals surface area contributed by atoms with Gasteiger partial charge in [0.25, 0.3) is 0 Å². The molecular weight excluding hydrogens is 298 g/mol. The van der Waals surface area contributed by atoms with E-state index in [1.807, 2.05) is 26.1 Å². The van der Waals surface area contributed by atoms with Gasteiger partial charge in [0.05, 0.1) is 17.2 Å². The fraction of sp³-hybridized carbons (Fsp3) is 0.231. The number of halogens is 1. The van der Waals surface area contributed by atoms with Crippen LogP contribution in [0, 0.1) is 6.92 Å². The van der Waals surface area contributed by atoms with Gasteiger partial charge in [-0.3, -0.25) is 0 Å². The highest BCUT2D eigenvalue weighted by atomic mass is 35.5. The first-order chi connectivity index (χ1) is 8.97. The Morgan fingerprint density at radius 1 is 1.53 bits per heavy atom. The fourth-order valence-corrected chi connectivity index (χ4v) is 2.79. The van der Waals surface area contributed by atoms with E-state index in [0.717, 1.165) is 22.0 Å². The van der Waals surface area contributed by atoms with E-state index in [2.05, 4.69) is 15.3 Å². The van der Waals surface area contributed by atoms with E-state index in [9.17, 15) is 0 Å². The van der Waals surface area contributed by atoms with Crippen molar-refractivity contribution in [1.29, 1.82) is 0 Å².